The van der Waals surface area contributed by atoms with Gasteiger partial charge in [0.1, 0.15) is 11.5 Å². The molecule has 0 aliphatic carbocycles. The molecule has 202 valence electrons. The quantitative estimate of drug-likeness (QED) is 0.211. The van der Waals surface area contributed by atoms with Gasteiger partial charge < -0.3 is 10.1 Å². The Morgan fingerprint density at radius 1 is 0.829 bits per heavy atom. The summed E-state index contributed by atoms with van der Waals surface area (Å²) in [6.07, 6.45) is 7.20. The van der Waals surface area contributed by atoms with E-state index in [0.29, 0.717) is 38.4 Å². The maximum Gasteiger partial charge on any atom is 0.307 e. The Hall–Kier alpha value is -4.93. The lowest BCUT2D eigenvalue weighted by Crippen LogP contribution is -2.13. The molecular formula is C31H23N5O3S2. The number of rotatable bonds is 7. The van der Waals surface area contributed by atoms with E-state index < -0.39 is 0 Å². The highest BCUT2D eigenvalue weighted by Gasteiger charge is 2.20. The second kappa shape index (κ2) is 11.3. The topological polar surface area (TPSA) is 99.0 Å². The van der Waals surface area contributed by atoms with Gasteiger partial charge in [0, 0.05) is 45.4 Å². The zero-order valence-electron chi connectivity index (χ0n) is 22.1. The molecule has 8 nitrogen and oxygen atoms in total. The molecule has 0 unspecified atom stereocenters. The van der Waals surface area contributed by atoms with Gasteiger partial charge in [0.05, 0.1) is 11.2 Å². The zero-order valence-corrected chi connectivity index (χ0v) is 23.7. The molecule has 0 aliphatic heterocycles. The van der Waals surface area contributed by atoms with Gasteiger partial charge in [0.2, 0.25) is 0 Å². The molecule has 0 spiro atoms. The predicted octanol–water partition coefficient (Wildman–Crippen LogP) is 7.47. The fraction of sp³-hybridized carbons (Fsp3) is 0.0645. The minimum atomic E-state index is -0.313. The highest BCUT2D eigenvalue weighted by atomic mass is 32.1. The average molecular weight is 578 g/mol. The number of nitrogens with zero attached hydrogens (tertiary/aromatic N) is 4. The van der Waals surface area contributed by atoms with Gasteiger partial charge in [-0.25, -0.2) is 9.97 Å². The third-order valence-electron chi connectivity index (χ3n) is 6.05. The van der Waals surface area contributed by atoms with Crippen LogP contribution >= 0.6 is 22.7 Å². The van der Waals surface area contributed by atoms with Crippen LogP contribution in [0.2, 0.25) is 0 Å². The van der Waals surface area contributed by atoms with Crippen LogP contribution in [0, 0.1) is 13.8 Å². The number of anilines is 1. The standard InChI is InChI=1S/C31H23N5O3S2/c1-19-17-32-29(40-19)28(37)34-22-9-6-10-23(15-22)39-24-12-13-25-26(14-11-21-7-4-3-5-8-21)35-36(27(25)16-24)31(38)30-33-18-20(2)41-30/h3-18H,1-2H3,(H,34,37)/b14-11+. The van der Waals surface area contributed by atoms with E-state index in [2.05, 4.69) is 20.4 Å². The highest BCUT2D eigenvalue weighted by molar-refractivity contribution is 7.13. The SMILES string of the molecule is Cc1cnc(C(=O)Nc2cccc(Oc3ccc4c(/C=C/c5ccccc5)nn(C(=O)c5ncc(C)s5)c4c3)c2)s1. The summed E-state index contributed by atoms with van der Waals surface area (Å²) < 4.78 is 7.53. The van der Waals surface area contributed by atoms with Crippen molar-refractivity contribution < 1.29 is 14.3 Å². The van der Waals surface area contributed by atoms with Gasteiger partial charge in [-0.05, 0) is 49.8 Å². The van der Waals surface area contributed by atoms with Gasteiger partial charge in [-0.3, -0.25) is 9.59 Å². The molecule has 41 heavy (non-hydrogen) atoms. The molecule has 10 heteroatoms. The average Bonchev–Trinajstić information content (AvgIpc) is 3.71. The summed E-state index contributed by atoms with van der Waals surface area (Å²) in [5.41, 5.74) is 2.85. The molecule has 3 aromatic carbocycles. The molecule has 0 saturated heterocycles. The van der Waals surface area contributed by atoms with Crippen molar-refractivity contribution in [3.63, 3.8) is 0 Å². The van der Waals surface area contributed by atoms with Crippen molar-refractivity contribution >= 4 is 63.2 Å². The number of carbonyl (C=O) groups excluding carboxylic acids is 2. The van der Waals surface area contributed by atoms with Crippen molar-refractivity contribution in [1.29, 1.82) is 0 Å². The van der Waals surface area contributed by atoms with E-state index in [1.54, 1.807) is 42.7 Å². The molecule has 3 heterocycles. The summed E-state index contributed by atoms with van der Waals surface area (Å²) in [4.78, 5) is 36.3. The van der Waals surface area contributed by atoms with E-state index >= 15 is 0 Å². The number of ether oxygens (including phenoxy) is 1. The van der Waals surface area contributed by atoms with Crippen LogP contribution in [-0.4, -0.2) is 31.6 Å². The summed E-state index contributed by atoms with van der Waals surface area (Å²) in [5.74, 6) is 0.443. The van der Waals surface area contributed by atoms with Crippen LogP contribution in [0.5, 0.6) is 11.5 Å². The number of hydrogen-bond acceptors (Lipinski definition) is 8. The van der Waals surface area contributed by atoms with Crippen LogP contribution in [0.15, 0.2) is 85.2 Å². The maximum absolute atomic E-state index is 13.4. The molecule has 1 amide bonds. The Balaban J connectivity index is 1.32. The monoisotopic (exact) mass is 577 g/mol. The van der Waals surface area contributed by atoms with E-state index in [-0.39, 0.29) is 11.8 Å². The number of carbonyl (C=O) groups is 2. The minimum absolute atomic E-state index is 0.280. The molecule has 0 atom stereocenters. The molecule has 0 aliphatic rings. The van der Waals surface area contributed by atoms with Gasteiger partial charge in [0.15, 0.2) is 10.0 Å². The van der Waals surface area contributed by atoms with Crippen LogP contribution < -0.4 is 10.1 Å². The summed E-state index contributed by atoms with van der Waals surface area (Å²) in [7, 11) is 0. The molecule has 0 radical (unpaired) electrons. The third kappa shape index (κ3) is 5.84. The summed E-state index contributed by atoms with van der Waals surface area (Å²) in [6, 6.07) is 22.5. The fourth-order valence-electron chi connectivity index (χ4n) is 4.16. The number of thiazole rings is 2. The van der Waals surface area contributed by atoms with Crippen LogP contribution in [0.4, 0.5) is 5.69 Å². The van der Waals surface area contributed by atoms with Crippen LogP contribution in [0.25, 0.3) is 23.1 Å². The lowest BCUT2D eigenvalue weighted by atomic mass is 10.1. The summed E-state index contributed by atoms with van der Waals surface area (Å²) in [6.45, 7) is 3.81. The third-order valence-corrected chi connectivity index (χ3v) is 7.87. The van der Waals surface area contributed by atoms with Crippen molar-refractivity contribution in [2.75, 3.05) is 5.32 Å². The number of fused-ring (bicyclic) bond motifs is 1. The molecule has 6 rings (SSSR count). The molecule has 0 saturated carbocycles. The summed E-state index contributed by atoms with van der Waals surface area (Å²) >= 11 is 2.65. The molecular weight excluding hydrogens is 555 g/mol. The number of benzene rings is 3. The Morgan fingerprint density at radius 3 is 2.29 bits per heavy atom. The van der Waals surface area contributed by atoms with Crippen molar-refractivity contribution in [1.82, 2.24) is 19.7 Å². The second-order valence-corrected chi connectivity index (χ2v) is 11.6. The Morgan fingerprint density at radius 2 is 1.56 bits per heavy atom. The maximum atomic E-state index is 13.4. The second-order valence-electron chi connectivity index (χ2n) is 9.16. The largest absolute Gasteiger partial charge is 0.457 e. The number of nitrogens with one attached hydrogen (secondary N) is 1. The lowest BCUT2D eigenvalue weighted by Gasteiger charge is -2.09. The van der Waals surface area contributed by atoms with E-state index in [1.165, 1.54) is 27.4 Å². The first-order valence-electron chi connectivity index (χ1n) is 12.7. The number of aryl methyl sites for hydroxylation is 2. The Bertz CT molecular complexity index is 1920. The normalized spacial score (nSPS) is 11.3. The first kappa shape index (κ1) is 26.3. The first-order valence-corrected chi connectivity index (χ1v) is 14.3. The highest BCUT2D eigenvalue weighted by Crippen LogP contribution is 2.30. The lowest BCUT2D eigenvalue weighted by molar-refractivity contribution is 0.0949. The Kier molecular flexibility index (Phi) is 7.24. The predicted molar refractivity (Wildman–Crippen MR) is 163 cm³/mol. The van der Waals surface area contributed by atoms with Crippen LogP contribution in [0.1, 0.15) is 40.6 Å². The van der Waals surface area contributed by atoms with Crippen molar-refractivity contribution in [2.45, 2.75) is 13.8 Å². The summed E-state index contributed by atoms with van der Waals surface area (Å²) in [5, 5.41) is 9.06. The van der Waals surface area contributed by atoms with E-state index in [1.807, 2.05) is 68.5 Å². The molecule has 3 aromatic heterocycles. The molecule has 1 N–H and O–H groups in total. The molecule has 0 fully saturated rings. The van der Waals surface area contributed by atoms with Crippen molar-refractivity contribution in [3.05, 3.63) is 116 Å². The smallest absolute Gasteiger partial charge is 0.307 e. The Labute approximate surface area is 243 Å². The van der Waals surface area contributed by atoms with E-state index in [4.69, 9.17) is 4.74 Å². The fourth-order valence-corrected chi connectivity index (χ4v) is 5.51. The van der Waals surface area contributed by atoms with Gasteiger partial charge in [0.25, 0.3) is 5.91 Å². The van der Waals surface area contributed by atoms with Crippen molar-refractivity contribution in [2.24, 2.45) is 0 Å². The van der Waals surface area contributed by atoms with Crippen LogP contribution in [0.3, 0.4) is 0 Å². The van der Waals surface area contributed by atoms with E-state index in [9.17, 15) is 9.59 Å². The molecule has 6 aromatic rings. The van der Waals surface area contributed by atoms with Gasteiger partial charge in [-0.1, -0.05) is 42.5 Å². The minimum Gasteiger partial charge on any atom is -0.457 e. The molecule has 0 bridgehead atoms. The van der Waals surface area contributed by atoms with Gasteiger partial charge in [-0.15, -0.1) is 22.7 Å². The van der Waals surface area contributed by atoms with E-state index in [0.717, 1.165) is 20.7 Å². The number of hydrogen-bond donors (Lipinski definition) is 1. The van der Waals surface area contributed by atoms with Gasteiger partial charge in [-0.2, -0.15) is 9.78 Å². The number of aromatic nitrogens is 4. The van der Waals surface area contributed by atoms with Gasteiger partial charge >= 0.3 is 5.91 Å². The number of amides is 1. The zero-order chi connectivity index (χ0) is 28.3. The first-order chi connectivity index (χ1) is 19.9. The van der Waals surface area contributed by atoms with Crippen LogP contribution in [-0.2, 0) is 0 Å². The van der Waals surface area contributed by atoms with Crippen molar-refractivity contribution in [3.8, 4) is 11.5 Å².